The van der Waals surface area contributed by atoms with Crippen LogP contribution < -0.4 is 15.4 Å². The predicted octanol–water partition coefficient (Wildman–Crippen LogP) is 4.32. The Balaban J connectivity index is 1.41. The lowest BCUT2D eigenvalue weighted by Gasteiger charge is -2.23. The largest absolute Gasteiger partial charge is 0.496 e. The van der Waals surface area contributed by atoms with Gasteiger partial charge in [-0.05, 0) is 62.4 Å². The van der Waals surface area contributed by atoms with Crippen molar-refractivity contribution in [3.63, 3.8) is 0 Å². The van der Waals surface area contributed by atoms with Crippen molar-refractivity contribution >= 4 is 11.8 Å². The number of carbonyl (C=O) groups excluding carboxylic acids is 2. The zero-order valence-electron chi connectivity index (χ0n) is 23.3. The first-order chi connectivity index (χ1) is 18.9. The van der Waals surface area contributed by atoms with Crippen LogP contribution in [0.4, 0.5) is 0 Å². The normalized spacial score (nSPS) is 17.2. The van der Waals surface area contributed by atoms with Crippen molar-refractivity contribution in [1.29, 1.82) is 0 Å². The number of hydrogen-bond donors (Lipinski definition) is 2. The summed E-state index contributed by atoms with van der Waals surface area (Å²) < 4.78 is 11.0. The number of ether oxygens (including phenoxy) is 1. The first-order valence-corrected chi connectivity index (χ1v) is 13.8. The Hall–Kier alpha value is -3.65. The molecule has 1 saturated heterocycles. The van der Waals surface area contributed by atoms with Gasteiger partial charge in [0.2, 0.25) is 11.8 Å². The number of hydrogen-bond acceptors (Lipinski definition) is 6. The SMILES string of the molecule is COc1ccc(CN2CCCC(C(=O)NCc3ccccc3)CCNC(=O)CC2)cc1Cc1c(C)noc1C. The molecule has 1 aliphatic heterocycles. The van der Waals surface area contributed by atoms with E-state index in [0.717, 1.165) is 65.4 Å². The van der Waals surface area contributed by atoms with Crippen LogP contribution in [-0.2, 0) is 29.1 Å². The van der Waals surface area contributed by atoms with E-state index in [1.165, 1.54) is 0 Å². The van der Waals surface area contributed by atoms with Crippen molar-refractivity contribution < 1.29 is 18.8 Å². The van der Waals surface area contributed by atoms with Gasteiger partial charge >= 0.3 is 0 Å². The van der Waals surface area contributed by atoms with Crippen molar-refractivity contribution in [1.82, 2.24) is 20.7 Å². The lowest BCUT2D eigenvalue weighted by atomic mass is 9.97. The maximum atomic E-state index is 13.0. The molecule has 0 aliphatic carbocycles. The summed E-state index contributed by atoms with van der Waals surface area (Å²) >= 11 is 0. The molecule has 0 saturated carbocycles. The van der Waals surface area contributed by atoms with Gasteiger partial charge in [0, 0.05) is 50.5 Å². The number of carbonyl (C=O) groups is 2. The summed E-state index contributed by atoms with van der Waals surface area (Å²) in [5.74, 6) is 1.61. The molecule has 0 bridgehead atoms. The molecule has 0 spiro atoms. The summed E-state index contributed by atoms with van der Waals surface area (Å²) in [6, 6.07) is 16.2. The van der Waals surface area contributed by atoms with Crippen LogP contribution in [0, 0.1) is 19.8 Å². The second-order valence-electron chi connectivity index (χ2n) is 10.3. The average molecular weight is 533 g/mol. The van der Waals surface area contributed by atoms with E-state index in [1.807, 2.05) is 50.2 Å². The molecule has 2 N–H and O–H groups in total. The van der Waals surface area contributed by atoms with Crippen LogP contribution in [0.25, 0.3) is 0 Å². The summed E-state index contributed by atoms with van der Waals surface area (Å²) in [5, 5.41) is 10.2. The van der Waals surface area contributed by atoms with E-state index in [1.54, 1.807) is 7.11 Å². The first kappa shape index (κ1) is 28.4. The van der Waals surface area contributed by atoms with Crippen LogP contribution in [0.3, 0.4) is 0 Å². The minimum absolute atomic E-state index is 0.0270. The van der Waals surface area contributed by atoms with E-state index in [2.05, 4.69) is 32.8 Å². The third kappa shape index (κ3) is 8.17. The van der Waals surface area contributed by atoms with E-state index >= 15 is 0 Å². The number of benzene rings is 2. The first-order valence-electron chi connectivity index (χ1n) is 13.8. The highest BCUT2D eigenvalue weighted by Gasteiger charge is 2.21. The van der Waals surface area contributed by atoms with E-state index < -0.39 is 0 Å². The molecule has 208 valence electrons. The molecule has 1 unspecified atom stereocenters. The number of nitrogens with zero attached hydrogens (tertiary/aromatic N) is 2. The fourth-order valence-corrected chi connectivity index (χ4v) is 5.17. The summed E-state index contributed by atoms with van der Waals surface area (Å²) in [5.41, 5.74) is 5.28. The minimum Gasteiger partial charge on any atom is -0.496 e. The van der Waals surface area contributed by atoms with Crippen molar-refractivity contribution in [3.8, 4) is 5.75 Å². The summed E-state index contributed by atoms with van der Waals surface area (Å²) in [7, 11) is 1.69. The van der Waals surface area contributed by atoms with E-state index in [4.69, 9.17) is 9.26 Å². The number of methoxy groups -OCH3 is 1. The average Bonchev–Trinajstić information content (AvgIpc) is 3.24. The Kier molecular flexibility index (Phi) is 10.1. The molecular formula is C31H40N4O4. The van der Waals surface area contributed by atoms with Crippen molar-refractivity contribution in [2.24, 2.45) is 5.92 Å². The summed E-state index contributed by atoms with van der Waals surface area (Å²) in [4.78, 5) is 27.8. The Labute approximate surface area is 231 Å². The van der Waals surface area contributed by atoms with Gasteiger partial charge in [0.05, 0.1) is 12.8 Å². The van der Waals surface area contributed by atoms with Crippen LogP contribution in [0.5, 0.6) is 5.75 Å². The fourth-order valence-electron chi connectivity index (χ4n) is 5.17. The molecule has 2 aromatic carbocycles. The molecule has 1 atom stereocenters. The Morgan fingerprint density at radius 2 is 1.95 bits per heavy atom. The molecule has 3 aromatic rings. The van der Waals surface area contributed by atoms with Gasteiger partial charge in [-0.2, -0.15) is 0 Å². The standard InChI is InChI=1S/C31H40N4O4/c1-22-28(23(2)39-34-22)19-27-18-25(11-12-29(27)38-3)21-35-16-7-10-26(13-15-32-30(36)14-17-35)31(37)33-20-24-8-5-4-6-9-24/h4-6,8-9,11-12,18,26H,7,10,13-17,19-21H2,1-3H3,(H,32,36)(H,33,37). The monoisotopic (exact) mass is 532 g/mol. The second-order valence-corrected chi connectivity index (χ2v) is 10.3. The molecule has 2 heterocycles. The van der Waals surface area contributed by atoms with E-state index in [-0.39, 0.29) is 17.7 Å². The molecule has 1 aromatic heterocycles. The zero-order chi connectivity index (χ0) is 27.6. The summed E-state index contributed by atoms with van der Waals surface area (Å²) in [6.45, 7) is 7.13. The van der Waals surface area contributed by atoms with Crippen LogP contribution >= 0.6 is 0 Å². The van der Waals surface area contributed by atoms with Crippen LogP contribution in [0.15, 0.2) is 53.1 Å². The second kappa shape index (κ2) is 13.9. The molecule has 8 nitrogen and oxygen atoms in total. The number of rotatable bonds is 8. The highest BCUT2D eigenvalue weighted by Crippen LogP contribution is 2.26. The van der Waals surface area contributed by atoms with Gasteiger partial charge in [-0.25, -0.2) is 0 Å². The van der Waals surface area contributed by atoms with Gasteiger partial charge in [0.25, 0.3) is 0 Å². The molecule has 1 aliphatic rings. The van der Waals surface area contributed by atoms with Crippen LogP contribution in [0.2, 0.25) is 0 Å². The van der Waals surface area contributed by atoms with E-state index in [9.17, 15) is 9.59 Å². The van der Waals surface area contributed by atoms with Crippen LogP contribution in [0.1, 0.15) is 59.4 Å². The van der Waals surface area contributed by atoms with Gasteiger partial charge in [0.15, 0.2) is 0 Å². The summed E-state index contributed by atoms with van der Waals surface area (Å²) in [6.07, 6.45) is 3.44. The molecule has 4 rings (SSSR count). The molecule has 0 radical (unpaired) electrons. The maximum absolute atomic E-state index is 13.0. The van der Waals surface area contributed by atoms with E-state index in [0.29, 0.717) is 38.9 Å². The van der Waals surface area contributed by atoms with Gasteiger partial charge in [-0.3, -0.25) is 14.5 Å². The fraction of sp³-hybridized carbons (Fsp3) is 0.452. The lowest BCUT2D eigenvalue weighted by Crippen LogP contribution is -2.33. The molecule has 39 heavy (non-hydrogen) atoms. The molecular weight excluding hydrogens is 492 g/mol. The van der Waals surface area contributed by atoms with Crippen LogP contribution in [-0.4, -0.2) is 48.6 Å². The third-order valence-electron chi connectivity index (χ3n) is 7.48. The molecule has 1 fully saturated rings. The Morgan fingerprint density at radius 1 is 1.13 bits per heavy atom. The maximum Gasteiger partial charge on any atom is 0.223 e. The predicted molar refractivity (Wildman–Crippen MR) is 150 cm³/mol. The van der Waals surface area contributed by atoms with Crippen molar-refractivity contribution in [2.45, 2.75) is 59.0 Å². The van der Waals surface area contributed by atoms with Gasteiger partial charge < -0.3 is 19.9 Å². The van der Waals surface area contributed by atoms with Crippen molar-refractivity contribution in [2.75, 3.05) is 26.7 Å². The Morgan fingerprint density at radius 3 is 2.69 bits per heavy atom. The van der Waals surface area contributed by atoms with Gasteiger partial charge in [-0.15, -0.1) is 0 Å². The topological polar surface area (TPSA) is 96.7 Å². The number of aryl methyl sites for hydroxylation is 2. The smallest absolute Gasteiger partial charge is 0.223 e. The zero-order valence-corrected chi connectivity index (χ0v) is 23.3. The quantitative estimate of drug-likeness (QED) is 0.449. The molecule has 2 amide bonds. The lowest BCUT2D eigenvalue weighted by molar-refractivity contribution is -0.126. The highest BCUT2D eigenvalue weighted by atomic mass is 16.5. The number of amides is 2. The van der Waals surface area contributed by atoms with Crippen molar-refractivity contribution in [3.05, 3.63) is 82.2 Å². The van der Waals surface area contributed by atoms with Gasteiger partial charge in [0.1, 0.15) is 11.5 Å². The minimum atomic E-state index is -0.128. The van der Waals surface area contributed by atoms with Gasteiger partial charge in [-0.1, -0.05) is 47.6 Å². The third-order valence-corrected chi connectivity index (χ3v) is 7.48. The molecule has 8 heteroatoms. The number of aromatic nitrogens is 1. The highest BCUT2D eigenvalue weighted by molar-refractivity contribution is 5.79. The Bertz CT molecular complexity index is 1220. The number of nitrogens with one attached hydrogen (secondary N) is 2.